The van der Waals surface area contributed by atoms with Gasteiger partial charge in [-0.25, -0.2) is 0 Å². The molecule has 0 aromatic carbocycles. The van der Waals surface area contributed by atoms with Gasteiger partial charge in [-0.1, -0.05) is 26.0 Å². The number of aliphatic hydroxyl groups excluding tert-OH is 1. The molecule has 4 aliphatic carbocycles. The predicted molar refractivity (Wildman–Crippen MR) is 115 cm³/mol. The fourth-order valence-corrected chi connectivity index (χ4v) is 6.41. The van der Waals surface area contributed by atoms with Crippen molar-refractivity contribution in [2.45, 2.75) is 71.5 Å². The average molecular weight is 445 g/mol. The van der Waals surface area contributed by atoms with E-state index in [-0.39, 0.29) is 24.5 Å². The lowest BCUT2D eigenvalue weighted by Crippen LogP contribution is -2.60. The molecule has 32 heavy (non-hydrogen) atoms. The third-order valence-corrected chi connectivity index (χ3v) is 8.31. The Labute approximate surface area is 188 Å². The van der Waals surface area contributed by atoms with E-state index in [2.05, 4.69) is 6.58 Å². The summed E-state index contributed by atoms with van der Waals surface area (Å²) in [6, 6.07) is 0. The summed E-state index contributed by atoms with van der Waals surface area (Å²) < 4.78 is 11.1. The number of allylic oxidation sites excluding steroid dienone is 3. The maximum absolute atomic E-state index is 13.4. The molecule has 0 aromatic heterocycles. The van der Waals surface area contributed by atoms with Crippen molar-refractivity contribution in [1.82, 2.24) is 0 Å². The van der Waals surface area contributed by atoms with Gasteiger partial charge in [0, 0.05) is 29.7 Å². The molecular formula is C25H32O7. The van der Waals surface area contributed by atoms with Gasteiger partial charge in [-0.05, 0) is 44.1 Å². The van der Waals surface area contributed by atoms with E-state index in [1.807, 2.05) is 6.92 Å². The van der Waals surface area contributed by atoms with Crippen molar-refractivity contribution in [3.8, 4) is 0 Å². The van der Waals surface area contributed by atoms with Gasteiger partial charge < -0.3 is 19.7 Å². The van der Waals surface area contributed by atoms with Gasteiger partial charge in [-0.15, -0.1) is 6.58 Å². The first-order valence-corrected chi connectivity index (χ1v) is 11.3. The number of Topliss-reactive ketones (excluding diaryl/α,β-unsaturated/α-hetero) is 1. The quantitative estimate of drug-likeness (QED) is 0.494. The molecule has 0 radical (unpaired) electrons. The number of rotatable bonds is 5. The Kier molecular flexibility index (Phi) is 5.01. The molecule has 6 atom stereocenters. The van der Waals surface area contributed by atoms with Gasteiger partial charge in [0.1, 0.15) is 18.3 Å². The zero-order valence-electron chi connectivity index (χ0n) is 19.2. The molecule has 7 heteroatoms. The molecule has 2 fully saturated rings. The van der Waals surface area contributed by atoms with Gasteiger partial charge in [-0.3, -0.25) is 14.4 Å². The molecule has 1 spiro atoms. The number of hydrogen-bond donors (Lipinski definition) is 2. The molecule has 0 heterocycles. The van der Waals surface area contributed by atoms with Crippen molar-refractivity contribution in [1.29, 1.82) is 0 Å². The lowest BCUT2D eigenvalue weighted by molar-refractivity contribution is -0.165. The van der Waals surface area contributed by atoms with Crippen molar-refractivity contribution in [3.05, 3.63) is 35.6 Å². The minimum atomic E-state index is -1.43. The highest BCUT2D eigenvalue weighted by molar-refractivity contribution is 6.11. The minimum Gasteiger partial charge on any atom is -0.504 e. The third-order valence-electron chi connectivity index (χ3n) is 8.31. The summed E-state index contributed by atoms with van der Waals surface area (Å²) in [6.45, 7) is 10.4. The fourth-order valence-electron chi connectivity index (χ4n) is 6.41. The molecule has 0 unspecified atom stereocenters. The Balaban J connectivity index is 1.90. The summed E-state index contributed by atoms with van der Waals surface area (Å²) in [5.41, 5.74) is -3.29. The van der Waals surface area contributed by atoms with E-state index in [9.17, 15) is 24.6 Å². The number of ketones is 1. The molecule has 2 saturated carbocycles. The van der Waals surface area contributed by atoms with Crippen LogP contribution >= 0.6 is 0 Å². The van der Waals surface area contributed by atoms with E-state index in [0.717, 1.165) is 0 Å². The maximum Gasteiger partial charge on any atom is 0.305 e. The first kappa shape index (κ1) is 22.8. The van der Waals surface area contributed by atoms with Gasteiger partial charge in [-0.2, -0.15) is 0 Å². The van der Waals surface area contributed by atoms with E-state index in [1.165, 1.54) is 6.92 Å². The van der Waals surface area contributed by atoms with Crippen molar-refractivity contribution in [2.24, 2.45) is 22.2 Å². The molecule has 0 bridgehead atoms. The molecule has 7 nitrogen and oxygen atoms in total. The van der Waals surface area contributed by atoms with Crippen LogP contribution in [0.1, 0.15) is 59.8 Å². The summed E-state index contributed by atoms with van der Waals surface area (Å²) in [6.07, 6.45) is 4.97. The lowest BCUT2D eigenvalue weighted by Gasteiger charge is -2.55. The minimum absolute atomic E-state index is 0.0615. The van der Waals surface area contributed by atoms with Gasteiger partial charge in [0.15, 0.2) is 5.76 Å². The molecule has 0 aliphatic heterocycles. The number of esters is 2. The smallest absolute Gasteiger partial charge is 0.305 e. The van der Waals surface area contributed by atoms with Crippen molar-refractivity contribution in [2.75, 3.05) is 6.61 Å². The normalized spacial score (nSPS) is 42.2. The number of hydrogen-bond acceptors (Lipinski definition) is 7. The Bertz CT molecular complexity index is 977. The van der Waals surface area contributed by atoms with Crippen LogP contribution in [-0.4, -0.2) is 46.2 Å². The van der Waals surface area contributed by atoms with Crippen LogP contribution in [0.5, 0.6) is 0 Å². The van der Waals surface area contributed by atoms with Crippen LogP contribution < -0.4 is 0 Å². The van der Waals surface area contributed by atoms with Crippen molar-refractivity contribution < 1.29 is 34.1 Å². The maximum atomic E-state index is 13.4. The van der Waals surface area contributed by atoms with E-state index in [0.29, 0.717) is 31.3 Å². The summed E-state index contributed by atoms with van der Waals surface area (Å²) in [5.74, 6) is -2.03. The van der Waals surface area contributed by atoms with Gasteiger partial charge in [0.05, 0.1) is 5.41 Å². The van der Waals surface area contributed by atoms with Crippen LogP contribution in [0.4, 0.5) is 0 Å². The highest BCUT2D eigenvalue weighted by Gasteiger charge is 2.79. The Hall–Kier alpha value is -2.41. The van der Waals surface area contributed by atoms with E-state index >= 15 is 0 Å². The lowest BCUT2D eigenvalue weighted by atomic mass is 9.51. The highest BCUT2D eigenvalue weighted by Crippen LogP contribution is 2.77. The van der Waals surface area contributed by atoms with Crippen LogP contribution in [0.15, 0.2) is 35.6 Å². The molecule has 2 N–H and O–H groups in total. The highest BCUT2D eigenvalue weighted by atomic mass is 16.6. The predicted octanol–water partition coefficient (Wildman–Crippen LogP) is 3.33. The van der Waals surface area contributed by atoms with Crippen LogP contribution in [0, 0.1) is 22.2 Å². The standard InChI is InChI=1S/C25H32O7/c1-6-18(27)31-13-23(5)17(32-14(3)26)10-15-11-24(15)21(23)20(29)19(28)16-12-22(4,7-2)8-9-25(16,24)30/h7,12,15,17,29-30H,2,6,8-11,13H2,1,3-5H3/t15-,17+,22-,23+,24-,25+/m0/s1. The van der Waals surface area contributed by atoms with Crippen LogP contribution in [0.25, 0.3) is 0 Å². The van der Waals surface area contributed by atoms with Gasteiger partial charge in [0.25, 0.3) is 0 Å². The van der Waals surface area contributed by atoms with Crippen LogP contribution in [0.2, 0.25) is 0 Å². The summed E-state index contributed by atoms with van der Waals surface area (Å²) in [5, 5.41) is 23.3. The molecule has 0 aromatic rings. The summed E-state index contributed by atoms with van der Waals surface area (Å²) in [4.78, 5) is 37.3. The fraction of sp³-hybridized carbons (Fsp3) is 0.640. The number of ether oxygens (including phenoxy) is 2. The molecular weight excluding hydrogens is 412 g/mol. The van der Waals surface area contributed by atoms with Gasteiger partial charge >= 0.3 is 11.9 Å². The van der Waals surface area contributed by atoms with Gasteiger partial charge in [0.2, 0.25) is 5.78 Å². The zero-order valence-corrected chi connectivity index (χ0v) is 19.2. The number of carbonyl (C=O) groups excluding carboxylic acids is 3. The SMILES string of the molecule is C=C[C@]1(C)C=C2C(=O)C(O)=C3[C@](C)(COC(=O)CC)[C@H](OC(C)=O)C[C@H]4C[C@@]34[C@@]2(O)CC1. The molecule has 0 amide bonds. The Morgan fingerprint density at radius 2 is 2.00 bits per heavy atom. The third kappa shape index (κ3) is 2.86. The molecule has 4 aliphatic rings. The van der Waals surface area contributed by atoms with Crippen LogP contribution in [-0.2, 0) is 23.9 Å². The second-order valence-electron chi connectivity index (χ2n) is 10.3. The second kappa shape index (κ2) is 7.04. The number of carbonyl (C=O) groups is 3. The van der Waals surface area contributed by atoms with E-state index < -0.39 is 51.4 Å². The Morgan fingerprint density at radius 3 is 2.59 bits per heavy atom. The van der Waals surface area contributed by atoms with E-state index in [4.69, 9.17) is 9.47 Å². The number of aliphatic hydroxyl groups is 2. The molecule has 0 saturated heterocycles. The first-order valence-electron chi connectivity index (χ1n) is 11.3. The number of fused-ring (bicyclic) bond motifs is 1. The van der Waals surface area contributed by atoms with E-state index in [1.54, 1.807) is 26.0 Å². The second-order valence-corrected chi connectivity index (χ2v) is 10.3. The van der Waals surface area contributed by atoms with Crippen molar-refractivity contribution in [3.63, 3.8) is 0 Å². The topological polar surface area (TPSA) is 110 Å². The zero-order chi connectivity index (χ0) is 23.7. The largest absolute Gasteiger partial charge is 0.504 e. The summed E-state index contributed by atoms with van der Waals surface area (Å²) in [7, 11) is 0. The monoisotopic (exact) mass is 444 g/mol. The molecule has 174 valence electrons. The Morgan fingerprint density at radius 1 is 1.31 bits per heavy atom. The molecule has 4 rings (SSSR count). The van der Waals surface area contributed by atoms with Crippen molar-refractivity contribution >= 4 is 17.7 Å². The van der Waals surface area contributed by atoms with Crippen LogP contribution in [0.3, 0.4) is 0 Å². The summed E-state index contributed by atoms with van der Waals surface area (Å²) >= 11 is 0. The first-order chi connectivity index (χ1) is 14.9. The average Bonchev–Trinajstić information content (AvgIpc) is 3.47.